The molecule has 0 radical (unpaired) electrons. The van der Waals surface area contributed by atoms with Crippen LogP contribution in [-0.4, -0.2) is 56.9 Å². The van der Waals surface area contributed by atoms with Crippen molar-refractivity contribution in [3.8, 4) is 0 Å². The number of urea groups is 1. The maximum absolute atomic E-state index is 12.5. The maximum atomic E-state index is 12.5. The Labute approximate surface area is 165 Å². The Morgan fingerprint density at radius 2 is 1.89 bits per heavy atom. The van der Waals surface area contributed by atoms with Crippen LogP contribution in [-0.2, 0) is 0 Å². The van der Waals surface area contributed by atoms with E-state index in [2.05, 4.69) is 25.5 Å². The van der Waals surface area contributed by atoms with Crippen LogP contribution in [0, 0.1) is 6.92 Å². The number of carbonyl (C=O) groups is 1. The molecule has 3 heterocycles. The average Bonchev–Trinajstić information content (AvgIpc) is 3.11. The van der Waals surface area contributed by atoms with E-state index in [0.717, 1.165) is 17.0 Å². The molecule has 2 amide bonds. The van der Waals surface area contributed by atoms with Gasteiger partial charge in [-0.15, -0.1) is 15.3 Å². The molecule has 2 aromatic heterocycles. The molecule has 0 spiro atoms. The minimum absolute atomic E-state index is 0.160. The fourth-order valence-corrected chi connectivity index (χ4v) is 3.36. The first-order valence-corrected chi connectivity index (χ1v) is 9.20. The number of piperazine rings is 1. The molecule has 0 aliphatic carbocycles. The Morgan fingerprint density at radius 1 is 1.11 bits per heavy atom. The predicted octanol–water partition coefficient (Wildman–Crippen LogP) is 3.09. The fraction of sp³-hybridized carbons (Fsp3) is 0.294. The first-order chi connectivity index (χ1) is 13.0. The highest BCUT2D eigenvalue weighted by molar-refractivity contribution is 6.42. The molecular formula is C17H17Cl2N7O. The van der Waals surface area contributed by atoms with Crippen molar-refractivity contribution in [3.05, 3.63) is 46.2 Å². The van der Waals surface area contributed by atoms with Gasteiger partial charge in [0.05, 0.1) is 10.0 Å². The Morgan fingerprint density at radius 3 is 2.63 bits per heavy atom. The lowest BCUT2D eigenvalue weighted by Crippen LogP contribution is -2.50. The second-order valence-electron chi connectivity index (χ2n) is 6.32. The lowest BCUT2D eigenvalue weighted by Gasteiger charge is -2.35. The van der Waals surface area contributed by atoms with Crippen molar-refractivity contribution in [2.24, 2.45) is 0 Å². The van der Waals surface area contributed by atoms with Crippen LogP contribution in [0.15, 0.2) is 30.6 Å². The first-order valence-electron chi connectivity index (χ1n) is 8.45. The van der Waals surface area contributed by atoms with Crippen LogP contribution in [0.1, 0.15) is 5.56 Å². The second-order valence-corrected chi connectivity index (χ2v) is 7.13. The number of aromatic nitrogens is 4. The summed E-state index contributed by atoms with van der Waals surface area (Å²) in [4.78, 5) is 16.4. The topological polar surface area (TPSA) is 78.7 Å². The van der Waals surface area contributed by atoms with E-state index in [1.807, 2.05) is 13.0 Å². The molecule has 1 fully saturated rings. The predicted molar refractivity (Wildman–Crippen MR) is 105 cm³/mol. The van der Waals surface area contributed by atoms with E-state index < -0.39 is 0 Å². The van der Waals surface area contributed by atoms with Crippen LogP contribution >= 0.6 is 23.2 Å². The largest absolute Gasteiger partial charge is 0.351 e. The summed E-state index contributed by atoms with van der Waals surface area (Å²) in [5.74, 6) is 0.881. The Kier molecular flexibility index (Phi) is 4.75. The third kappa shape index (κ3) is 3.63. The minimum atomic E-state index is -0.160. The molecule has 1 aliphatic rings. The normalized spacial score (nSPS) is 14.6. The number of hydrogen-bond donors (Lipinski definition) is 1. The highest BCUT2D eigenvalue weighted by Gasteiger charge is 2.23. The van der Waals surface area contributed by atoms with Gasteiger partial charge in [-0.2, -0.15) is 4.52 Å². The van der Waals surface area contributed by atoms with E-state index in [0.29, 0.717) is 41.9 Å². The molecule has 0 saturated carbocycles. The quantitative estimate of drug-likeness (QED) is 0.708. The highest BCUT2D eigenvalue weighted by atomic mass is 35.5. The third-order valence-electron chi connectivity index (χ3n) is 4.49. The summed E-state index contributed by atoms with van der Waals surface area (Å²) in [5, 5.41) is 16.2. The smallest absolute Gasteiger partial charge is 0.321 e. The fourth-order valence-electron chi connectivity index (χ4n) is 3.06. The molecule has 8 nitrogen and oxygen atoms in total. The molecule has 0 unspecified atom stereocenters. The van der Waals surface area contributed by atoms with E-state index in [-0.39, 0.29) is 6.03 Å². The second kappa shape index (κ2) is 7.21. The zero-order chi connectivity index (χ0) is 19.0. The van der Waals surface area contributed by atoms with Gasteiger partial charge >= 0.3 is 6.03 Å². The van der Waals surface area contributed by atoms with Crippen molar-refractivity contribution < 1.29 is 4.79 Å². The Bertz CT molecular complexity index is 998. The van der Waals surface area contributed by atoms with Crippen LogP contribution < -0.4 is 10.2 Å². The van der Waals surface area contributed by atoms with Crippen LogP contribution in [0.5, 0.6) is 0 Å². The highest BCUT2D eigenvalue weighted by Crippen LogP contribution is 2.25. The molecule has 1 aliphatic heterocycles. The number of anilines is 2. The molecule has 1 saturated heterocycles. The summed E-state index contributed by atoms with van der Waals surface area (Å²) >= 11 is 11.9. The van der Waals surface area contributed by atoms with Crippen LogP contribution in [0.3, 0.4) is 0 Å². The number of benzene rings is 1. The first kappa shape index (κ1) is 17.8. The molecule has 3 aromatic rings. The Balaban J connectivity index is 1.41. The molecule has 10 heteroatoms. The summed E-state index contributed by atoms with van der Waals surface area (Å²) in [6, 6.07) is 6.82. The summed E-state index contributed by atoms with van der Waals surface area (Å²) in [6.45, 7) is 4.57. The lowest BCUT2D eigenvalue weighted by atomic mass is 10.2. The van der Waals surface area contributed by atoms with Gasteiger partial charge in [-0.25, -0.2) is 4.79 Å². The van der Waals surface area contributed by atoms with Gasteiger partial charge < -0.3 is 15.1 Å². The van der Waals surface area contributed by atoms with Gasteiger partial charge in [-0.3, -0.25) is 0 Å². The summed E-state index contributed by atoms with van der Waals surface area (Å²) in [7, 11) is 0. The summed E-state index contributed by atoms with van der Waals surface area (Å²) in [6.07, 6.45) is 1.58. The van der Waals surface area contributed by atoms with Crippen LogP contribution in [0.4, 0.5) is 16.3 Å². The van der Waals surface area contributed by atoms with Gasteiger partial charge in [0.2, 0.25) is 0 Å². The van der Waals surface area contributed by atoms with Crippen molar-refractivity contribution in [2.75, 3.05) is 36.4 Å². The Hall–Kier alpha value is -2.58. The van der Waals surface area contributed by atoms with E-state index in [4.69, 9.17) is 23.2 Å². The van der Waals surface area contributed by atoms with E-state index in [1.54, 1.807) is 33.9 Å². The van der Waals surface area contributed by atoms with Gasteiger partial charge in [0, 0.05) is 31.9 Å². The van der Waals surface area contributed by atoms with E-state index >= 15 is 0 Å². The lowest BCUT2D eigenvalue weighted by molar-refractivity contribution is 0.208. The number of halogens is 2. The van der Waals surface area contributed by atoms with Gasteiger partial charge in [-0.05, 0) is 36.8 Å². The van der Waals surface area contributed by atoms with Crippen molar-refractivity contribution in [3.63, 3.8) is 0 Å². The van der Waals surface area contributed by atoms with Gasteiger partial charge in [0.1, 0.15) is 6.33 Å². The van der Waals surface area contributed by atoms with Crippen molar-refractivity contribution in [1.29, 1.82) is 0 Å². The summed E-state index contributed by atoms with van der Waals surface area (Å²) < 4.78 is 1.66. The van der Waals surface area contributed by atoms with Gasteiger partial charge in [0.25, 0.3) is 0 Å². The maximum Gasteiger partial charge on any atom is 0.321 e. The van der Waals surface area contributed by atoms with Gasteiger partial charge in [0.15, 0.2) is 11.5 Å². The minimum Gasteiger partial charge on any atom is -0.351 e. The number of hydrogen-bond acceptors (Lipinski definition) is 5. The van der Waals surface area contributed by atoms with Gasteiger partial charge in [-0.1, -0.05) is 23.2 Å². The number of nitrogens with zero attached hydrogens (tertiary/aromatic N) is 6. The zero-order valence-electron chi connectivity index (χ0n) is 14.6. The van der Waals surface area contributed by atoms with E-state index in [9.17, 15) is 4.79 Å². The van der Waals surface area contributed by atoms with Crippen molar-refractivity contribution in [2.45, 2.75) is 6.92 Å². The van der Waals surface area contributed by atoms with E-state index in [1.165, 1.54) is 0 Å². The molecule has 4 rings (SSSR count). The molecule has 140 valence electrons. The molecule has 0 atom stereocenters. The number of rotatable bonds is 2. The number of fused-ring (bicyclic) bond motifs is 1. The SMILES string of the molecule is Cc1cc2nncn2nc1N1CCN(C(=O)Nc2ccc(Cl)c(Cl)c2)CC1. The summed E-state index contributed by atoms with van der Waals surface area (Å²) in [5.41, 5.74) is 2.37. The number of amides is 2. The van der Waals surface area contributed by atoms with Crippen LogP contribution in [0.2, 0.25) is 10.0 Å². The molecule has 1 aromatic carbocycles. The van der Waals surface area contributed by atoms with Crippen LogP contribution in [0.25, 0.3) is 5.65 Å². The molecule has 1 N–H and O–H groups in total. The van der Waals surface area contributed by atoms with Crippen molar-refractivity contribution >= 4 is 46.4 Å². The number of nitrogens with one attached hydrogen (secondary N) is 1. The average molecular weight is 406 g/mol. The standard InChI is InChI=1S/C17H17Cl2N7O/c1-11-8-15-22-20-10-26(15)23-16(11)24-4-6-25(7-5-24)17(27)21-12-2-3-13(18)14(19)9-12/h2-3,8-10H,4-7H2,1H3,(H,21,27). The monoisotopic (exact) mass is 405 g/mol. The molecule has 0 bridgehead atoms. The van der Waals surface area contributed by atoms with Crippen molar-refractivity contribution in [1.82, 2.24) is 24.7 Å². The molecule has 27 heavy (non-hydrogen) atoms. The zero-order valence-corrected chi connectivity index (χ0v) is 16.1. The number of carbonyl (C=O) groups excluding carboxylic acids is 1. The molecular weight excluding hydrogens is 389 g/mol. The number of aryl methyl sites for hydroxylation is 1. The third-order valence-corrected chi connectivity index (χ3v) is 5.23.